The number of aryl methyl sites for hydroxylation is 1. The van der Waals surface area contributed by atoms with E-state index in [0.717, 1.165) is 11.3 Å². The van der Waals surface area contributed by atoms with Gasteiger partial charge in [0.15, 0.2) is 0 Å². The summed E-state index contributed by atoms with van der Waals surface area (Å²) in [6.07, 6.45) is 5.87. The van der Waals surface area contributed by atoms with Gasteiger partial charge in [0.25, 0.3) is 0 Å². The van der Waals surface area contributed by atoms with Crippen LogP contribution in [0.15, 0.2) is 18.2 Å². The first-order chi connectivity index (χ1) is 7.17. The molecule has 1 aromatic carbocycles. The van der Waals surface area contributed by atoms with E-state index in [1.165, 1.54) is 0 Å². The molecule has 2 nitrogen and oxygen atoms in total. The third-order valence-electron chi connectivity index (χ3n) is 2.12. The van der Waals surface area contributed by atoms with Crippen LogP contribution < -0.4 is 5.32 Å². The number of rotatable bonds is 3. The molecule has 0 heterocycles. The number of anilines is 1. The van der Waals surface area contributed by atoms with E-state index >= 15 is 0 Å². The highest BCUT2D eigenvalue weighted by molar-refractivity contribution is 5.59. The topological polar surface area (TPSA) is 35.8 Å². The van der Waals surface area contributed by atoms with Crippen molar-refractivity contribution in [3.63, 3.8) is 0 Å². The van der Waals surface area contributed by atoms with Gasteiger partial charge in [-0.3, -0.25) is 0 Å². The molecule has 0 aliphatic rings. The largest absolute Gasteiger partial charge is 0.381 e. The van der Waals surface area contributed by atoms with E-state index in [0.29, 0.717) is 12.0 Å². The maximum Gasteiger partial charge on any atom is 0.101 e. The summed E-state index contributed by atoms with van der Waals surface area (Å²) in [5.41, 5.74) is 2.60. The summed E-state index contributed by atoms with van der Waals surface area (Å²) >= 11 is 0. The van der Waals surface area contributed by atoms with Gasteiger partial charge in [-0.1, -0.05) is 6.07 Å². The fraction of sp³-hybridized carbons (Fsp3) is 0.308. The van der Waals surface area contributed by atoms with Crippen LogP contribution in [0.3, 0.4) is 0 Å². The molecule has 1 N–H and O–H groups in total. The molecule has 76 valence electrons. The zero-order valence-electron chi connectivity index (χ0n) is 9.04. The fourth-order valence-electron chi connectivity index (χ4n) is 1.37. The second kappa shape index (κ2) is 5.08. The molecule has 0 saturated carbocycles. The molecule has 15 heavy (non-hydrogen) atoms. The zero-order chi connectivity index (χ0) is 11.3. The van der Waals surface area contributed by atoms with E-state index in [2.05, 4.69) is 17.3 Å². The predicted molar refractivity (Wildman–Crippen MR) is 62.4 cm³/mol. The molecular formula is C13H14N2. The lowest BCUT2D eigenvalue weighted by Crippen LogP contribution is -2.14. The third kappa shape index (κ3) is 3.04. The van der Waals surface area contributed by atoms with E-state index in [1.807, 2.05) is 32.0 Å². The SMILES string of the molecule is C#CCC(C)Nc1ccc(C)cc1C#N. The minimum atomic E-state index is 0.185. The minimum Gasteiger partial charge on any atom is -0.381 e. The molecule has 0 aliphatic heterocycles. The van der Waals surface area contributed by atoms with Gasteiger partial charge in [0.2, 0.25) is 0 Å². The summed E-state index contributed by atoms with van der Waals surface area (Å²) in [5, 5.41) is 12.2. The van der Waals surface area contributed by atoms with Crippen LogP contribution in [0.4, 0.5) is 5.69 Å². The Morgan fingerprint density at radius 1 is 1.53 bits per heavy atom. The van der Waals surface area contributed by atoms with Crippen LogP contribution in [0, 0.1) is 30.6 Å². The number of nitrogens with zero attached hydrogens (tertiary/aromatic N) is 1. The number of hydrogen-bond acceptors (Lipinski definition) is 2. The average molecular weight is 198 g/mol. The third-order valence-corrected chi connectivity index (χ3v) is 2.12. The Bertz CT molecular complexity index is 421. The molecule has 0 bridgehead atoms. The Morgan fingerprint density at radius 2 is 2.27 bits per heavy atom. The Balaban J connectivity index is 2.87. The molecule has 2 heteroatoms. The number of terminal acetylenes is 1. The lowest BCUT2D eigenvalue weighted by Gasteiger charge is -2.13. The lowest BCUT2D eigenvalue weighted by atomic mass is 10.1. The monoisotopic (exact) mass is 198 g/mol. The lowest BCUT2D eigenvalue weighted by molar-refractivity contribution is 0.828. The van der Waals surface area contributed by atoms with Gasteiger partial charge in [-0.05, 0) is 31.5 Å². The Kier molecular flexibility index (Phi) is 3.77. The molecule has 0 aliphatic carbocycles. The van der Waals surface area contributed by atoms with Gasteiger partial charge >= 0.3 is 0 Å². The standard InChI is InChI=1S/C13H14N2/c1-4-5-11(3)15-13-7-6-10(2)8-12(13)9-14/h1,6-8,11,15H,5H2,2-3H3. The van der Waals surface area contributed by atoms with Crippen molar-refractivity contribution in [2.75, 3.05) is 5.32 Å². The molecule has 1 unspecified atom stereocenters. The van der Waals surface area contributed by atoms with Crippen molar-refractivity contribution in [2.45, 2.75) is 26.3 Å². The van der Waals surface area contributed by atoms with Crippen LogP contribution in [0.25, 0.3) is 0 Å². The smallest absolute Gasteiger partial charge is 0.101 e. The first kappa shape index (κ1) is 11.1. The molecule has 0 amide bonds. The highest BCUT2D eigenvalue weighted by Gasteiger charge is 2.05. The van der Waals surface area contributed by atoms with Gasteiger partial charge in [0, 0.05) is 12.5 Å². The van der Waals surface area contributed by atoms with E-state index in [1.54, 1.807) is 0 Å². The van der Waals surface area contributed by atoms with Gasteiger partial charge < -0.3 is 5.32 Å². The van der Waals surface area contributed by atoms with Crippen molar-refractivity contribution in [3.05, 3.63) is 29.3 Å². The molecular weight excluding hydrogens is 184 g/mol. The first-order valence-corrected chi connectivity index (χ1v) is 4.88. The highest BCUT2D eigenvalue weighted by atomic mass is 14.9. The Morgan fingerprint density at radius 3 is 2.87 bits per heavy atom. The molecule has 1 aromatic rings. The van der Waals surface area contributed by atoms with Crippen LogP contribution in [-0.4, -0.2) is 6.04 Å². The highest BCUT2D eigenvalue weighted by Crippen LogP contribution is 2.17. The van der Waals surface area contributed by atoms with Crippen LogP contribution in [0.2, 0.25) is 0 Å². The van der Waals surface area contributed by atoms with E-state index in [-0.39, 0.29) is 6.04 Å². The molecule has 0 aromatic heterocycles. The van der Waals surface area contributed by atoms with E-state index in [9.17, 15) is 0 Å². The predicted octanol–water partition coefficient (Wildman–Crippen LogP) is 2.69. The Hall–Kier alpha value is -1.93. The van der Waals surface area contributed by atoms with Crippen LogP contribution in [0.5, 0.6) is 0 Å². The molecule has 0 fully saturated rings. The van der Waals surface area contributed by atoms with E-state index < -0.39 is 0 Å². The number of nitrogens with one attached hydrogen (secondary N) is 1. The van der Waals surface area contributed by atoms with Crippen molar-refractivity contribution in [3.8, 4) is 18.4 Å². The molecule has 0 spiro atoms. The number of hydrogen-bond donors (Lipinski definition) is 1. The maximum absolute atomic E-state index is 8.96. The second-order valence-corrected chi connectivity index (χ2v) is 3.61. The van der Waals surface area contributed by atoms with Crippen molar-refractivity contribution in [1.29, 1.82) is 5.26 Å². The number of nitriles is 1. The molecule has 1 atom stereocenters. The van der Waals surface area contributed by atoms with Crippen LogP contribution in [-0.2, 0) is 0 Å². The van der Waals surface area contributed by atoms with Crippen molar-refractivity contribution in [1.82, 2.24) is 0 Å². The van der Waals surface area contributed by atoms with Crippen molar-refractivity contribution < 1.29 is 0 Å². The van der Waals surface area contributed by atoms with Crippen LogP contribution in [0.1, 0.15) is 24.5 Å². The average Bonchev–Trinajstić information content (AvgIpc) is 2.21. The summed E-state index contributed by atoms with van der Waals surface area (Å²) in [5.74, 6) is 2.59. The minimum absolute atomic E-state index is 0.185. The van der Waals surface area contributed by atoms with E-state index in [4.69, 9.17) is 11.7 Å². The quantitative estimate of drug-likeness (QED) is 0.758. The summed E-state index contributed by atoms with van der Waals surface area (Å²) in [6, 6.07) is 8.12. The summed E-state index contributed by atoms with van der Waals surface area (Å²) < 4.78 is 0. The zero-order valence-corrected chi connectivity index (χ0v) is 9.04. The molecule has 1 rings (SSSR count). The van der Waals surface area contributed by atoms with Gasteiger partial charge in [0.1, 0.15) is 6.07 Å². The normalized spacial score (nSPS) is 11.2. The molecule has 0 saturated heterocycles. The fourth-order valence-corrected chi connectivity index (χ4v) is 1.37. The van der Waals surface area contributed by atoms with Crippen molar-refractivity contribution in [2.24, 2.45) is 0 Å². The second-order valence-electron chi connectivity index (χ2n) is 3.61. The maximum atomic E-state index is 8.96. The summed E-state index contributed by atoms with van der Waals surface area (Å²) in [4.78, 5) is 0. The summed E-state index contributed by atoms with van der Waals surface area (Å²) in [6.45, 7) is 3.97. The van der Waals surface area contributed by atoms with Gasteiger partial charge in [-0.2, -0.15) is 5.26 Å². The van der Waals surface area contributed by atoms with Gasteiger partial charge in [0.05, 0.1) is 11.3 Å². The Labute approximate surface area is 90.9 Å². The van der Waals surface area contributed by atoms with Gasteiger partial charge in [-0.25, -0.2) is 0 Å². The number of benzene rings is 1. The van der Waals surface area contributed by atoms with Gasteiger partial charge in [-0.15, -0.1) is 12.3 Å². The molecule has 0 radical (unpaired) electrons. The first-order valence-electron chi connectivity index (χ1n) is 4.88. The van der Waals surface area contributed by atoms with Crippen molar-refractivity contribution >= 4 is 5.69 Å². The van der Waals surface area contributed by atoms with Crippen LogP contribution >= 0.6 is 0 Å². The summed E-state index contributed by atoms with van der Waals surface area (Å²) in [7, 11) is 0.